The van der Waals surface area contributed by atoms with Crippen molar-refractivity contribution in [3.8, 4) is 0 Å². The van der Waals surface area contributed by atoms with E-state index in [1.54, 1.807) is 0 Å². The highest BCUT2D eigenvalue weighted by Crippen LogP contribution is 2.37. The molecule has 0 aliphatic carbocycles. The SMILES string of the molecule is CCN(CC)C[C@H]1CCC2(CN(C(=O)c3cc(C)oc3C)C2)OC1. The van der Waals surface area contributed by atoms with Crippen LogP contribution in [0, 0.1) is 19.8 Å². The van der Waals surface area contributed by atoms with Crippen molar-refractivity contribution >= 4 is 5.91 Å². The third-order valence-electron chi connectivity index (χ3n) is 5.56. The summed E-state index contributed by atoms with van der Waals surface area (Å²) in [7, 11) is 0. The van der Waals surface area contributed by atoms with Gasteiger partial charge in [-0.2, -0.15) is 0 Å². The van der Waals surface area contributed by atoms with Gasteiger partial charge >= 0.3 is 0 Å². The van der Waals surface area contributed by atoms with Crippen LogP contribution in [0.4, 0.5) is 0 Å². The van der Waals surface area contributed by atoms with E-state index in [2.05, 4.69) is 18.7 Å². The van der Waals surface area contributed by atoms with Gasteiger partial charge in [0.2, 0.25) is 0 Å². The number of hydrogen-bond donors (Lipinski definition) is 0. The van der Waals surface area contributed by atoms with Gasteiger partial charge in [0.15, 0.2) is 0 Å². The Kier molecular flexibility index (Phi) is 5.02. The lowest BCUT2D eigenvalue weighted by molar-refractivity contribution is -0.168. The van der Waals surface area contributed by atoms with Gasteiger partial charge in [-0.25, -0.2) is 0 Å². The highest BCUT2D eigenvalue weighted by Gasteiger charge is 2.48. The molecule has 24 heavy (non-hydrogen) atoms. The van der Waals surface area contributed by atoms with Crippen molar-refractivity contribution in [2.45, 2.75) is 46.1 Å². The van der Waals surface area contributed by atoms with Crippen molar-refractivity contribution in [1.29, 1.82) is 0 Å². The number of furan rings is 1. The van der Waals surface area contributed by atoms with Crippen molar-refractivity contribution in [1.82, 2.24) is 9.80 Å². The molecule has 1 amide bonds. The average molecular weight is 334 g/mol. The average Bonchev–Trinajstić information content (AvgIpc) is 2.89. The van der Waals surface area contributed by atoms with Crippen LogP contribution in [0.15, 0.2) is 10.5 Å². The second-order valence-electron chi connectivity index (χ2n) is 7.37. The molecule has 5 nitrogen and oxygen atoms in total. The number of hydrogen-bond acceptors (Lipinski definition) is 4. The Morgan fingerprint density at radius 1 is 1.33 bits per heavy atom. The Hall–Kier alpha value is -1.33. The molecule has 2 aliphatic heterocycles. The number of rotatable bonds is 5. The summed E-state index contributed by atoms with van der Waals surface area (Å²) in [6.45, 7) is 13.7. The summed E-state index contributed by atoms with van der Waals surface area (Å²) >= 11 is 0. The summed E-state index contributed by atoms with van der Waals surface area (Å²) in [4.78, 5) is 16.9. The van der Waals surface area contributed by atoms with Gasteiger partial charge < -0.3 is 19.0 Å². The number of nitrogens with zero attached hydrogens (tertiary/aromatic N) is 2. The van der Waals surface area contributed by atoms with Crippen molar-refractivity contribution in [2.24, 2.45) is 5.92 Å². The Balaban J connectivity index is 1.50. The maximum absolute atomic E-state index is 12.6. The molecule has 0 aromatic carbocycles. The predicted octanol–water partition coefficient (Wildman–Crippen LogP) is 2.86. The van der Waals surface area contributed by atoms with Crippen molar-refractivity contribution in [3.63, 3.8) is 0 Å². The second kappa shape index (κ2) is 6.89. The Labute approximate surface area is 144 Å². The van der Waals surface area contributed by atoms with Crippen LogP contribution in [0.1, 0.15) is 48.6 Å². The van der Waals surface area contributed by atoms with E-state index in [0.29, 0.717) is 30.3 Å². The lowest BCUT2D eigenvalue weighted by Gasteiger charge is -2.53. The molecule has 2 saturated heterocycles. The normalized spacial score (nSPS) is 22.9. The molecule has 134 valence electrons. The highest BCUT2D eigenvalue weighted by atomic mass is 16.5. The molecule has 1 spiro atoms. The minimum absolute atomic E-state index is 0.0730. The molecule has 1 aromatic heterocycles. The quantitative estimate of drug-likeness (QED) is 0.831. The zero-order chi connectivity index (χ0) is 17.3. The summed E-state index contributed by atoms with van der Waals surface area (Å²) in [5, 5.41) is 0. The van der Waals surface area contributed by atoms with E-state index in [1.807, 2.05) is 24.8 Å². The Morgan fingerprint density at radius 3 is 2.54 bits per heavy atom. The summed E-state index contributed by atoms with van der Waals surface area (Å²) in [6.07, 6.45) is 2.26. The van der Waals surface area contributed by atoms with Gasteiger partial charge in [0.1, 0.15) is 17.1 Å². The Bertz CT molecular complexity index is 575. The number of ether oxygens (including phenoxy) is 1. The van der Waals surface area contributed by atoms with Gasteiger partial charge in [-0.05, 0) is 51.8 Å². The molecule has 1 atom stereocenters. The van der Waals surface area contributed by atoms with Crippen LogP contribution in [-0.4, -0.2) is 60.6 Å². The lowest BCUT2D eigenvalue weighted by Crippen LogP contribution is -2.66. The van der Waals surface area contributed by atoms with E-state index in [1.165, 1.54) is 6.42 Å². The number of amides is 1. The van der Waals surface area contributed by atoms with E-state index in [9.17, 15) is 4.79 Å². The first-order valence-electron chi connectivity index (χ1n) is 9.19. The van der Waals surface area contributed by atoms with Crippen LogP contribution < -0.4 is 0 Å². The molecule has 3 rings (SSSR count). The molecule has 3 heterocycles. The van der Waals surface area contributed by atoms with Gasteiger partial charge in [0, 0.05) is 6.54 Å². The summed E-state index contributed by atoms with van der Waals surface area (Å²) in [5.41, 5.74) is 0.597. The maximum atomic E-state index is 12.6. The fourth-order valence-corrected chi connectivity index (χ4v) is 3.96. The van der Waals surface area contributed by atoms with E-state index in [4.69, 9.17) is 9.15 Å². The van der Waals surface area contributed by atoms with Gasteiger partial charge in [-0.1, -0.05) is 13.8 Å². The zero-order valence-electron chi connectivity index (χ0n) is 15.4. The van der Waals surface area contributed by atoms with Gasteiger partial charge in [0.05, 0.1) is 25.3 Å². The molecule has 0 radical (unpaired) electrons. The molecule has 0 saturated carbocycles. The molecule has 0 bridgehead atoms. The standard InChI is InChI=1S/C19H30N2O3/c1-5-20(6-2)10-16-7-8-19(23-11-16)12-21(13-19)18(22)17-9-14(3)24-15(17)4/h9,16H,5-8,10-13H2,1-4H3/t16-/m1/s1. The third-order valence-corrected chi connectivity index (χ3v) is 5.56. The van der Waals surface area contributed by atoms with Crippen molar-refractivity contribution in [2.75, 3.05) is 39.3 Å². The Morgan fingerprint density at radius 2 is 2.04 bits per heavy atom. The van der Waals surface area contributed by atoms with Crippen LogP contribution in [0.25, 0.3) is 0 Å². The molecule has 2 fully saturated rings. The van der Waals surface area contributed by atoms with Crippen LogP contribution in [0.2, 0.25) is 0 Å². The van der Waals surface area contributed by atoms with E-state index < -0.39 is 0 Å². The van der Waals surface area contributed by atoms with Crippen LogP contribution >= 0.6 is 0 Å². The first kappa shape index (κ1) is 17.5. The van der Waals surface area contributed by atoms with Gasteiger partial charge in [-0.3, -0.25) is 4.79 Å². The monoisotopic (exact) mass is 334 g/mol. The molecule has 1 aromatic rings. The maximum Gasteiger partial charge on any atom is 0.257 e. The zero-order valence-corrected chi connectivity index (χ0v) is 15.4. The summed E-state index contributed by atoms with van der Waals surface area (Å²) < 4.78 is 11.7. The van der Waals surface area contributed by atoms with E-state index >= 15 is 0 Å². The lowest BCUT2D eigenvalue weighted by atomic mass is 9.82. The molecule has 0 N–H and O–H groups in total. The minimum Gasteiger partial charge on any atom is -0.466 e. The highest BCUT2D eigenvalue weighted by molar-refractivity contribution is 5.96. The van der Waals surface area contributed by atoms with Crippen molar-refractivity contribution in [3.05, 3.63) is 23.2 Å². The van der Waals surface area contributed by atoms with Crippen LogP contribution in [0.5, 0.6) is 0 Å². The number of likely N-dealkylation sites (tertiary alicyclic amines) is 1. The molecular weight excluding hydrogens is 304 g/mol. The largest absolute Gasteiger partial charge is 0.466 e. The molecular formula is C19H30N2O3. The first-order chi connectivity index (χ1) is 11.5. The predicted molar refractivity (Wildman–Crippen MR) is 93.3 cm³/mol. The summed E-state index contributed by atoms with van der Waals surface area (Å²) in [6, 6.07) is 1.84. The molecule has 0 unspecified atom stereocenters. The number of carbonyl (C=O) groups is 1. The minimum atomic E-state index is -0.0951. The van der Waals surface area contributed by atoms with Gasteiger partial charge in [0.25, 0.3) is 5.91 Å². The smallest absolute Gasteiger partial charge is 0.257 e. The van der Waals surface area contributed by atoms with E-state index in [-0.39, 0.29) is 11.5 Å². The number of aryl methyl sites for hydroxylation is 2. The van der Waals surface area contributed by atoms with Gasteiger partial charge in [-0.15, -0.1) is 0 Å². The van der Waals surface area contributed by atoms with Crippen LogP contribution in [0.3, 0.4) is 0 Å². The van der Waals surface area contributed by atoms with Crippen LogP contribution in [-0.2, 0) is 4.74 Å². The fraction of sp³-hybridized carbons (Fsp3) is 0.737. The third kappa shape index (κ3) is 3.38. The first-order valence-corrected chi connectivity index (χ1v) is 9.19. The molecule has 5 heteroatoms. The fourth-order valence-electron chi connectivity index (χ4n) is 3.96. The van der Waals surface area contributed by atoms with E-state index in [0.717, 1.165) is 38.4 Å². The second-order valence-corrected chi connectivity index (χ2v) is 7.37. The van der Waals surface area contributed by atoms with Crippen molar-refractivity contribution < 1.29 is 13.9 Å². The number of carbonyl (C=O) groups excluding carboxylic acids is 1. The topological polar surface area (TPSA) is 45.9 Å². The summed E-state index contributed by atoms with van der Waals surface area (Å²) in [5.74, 6) is 2.20. The molecule has 2 aliphatic rings.